The van der Waals surface area contributed by atoms with E-state index in [1.54, 1.807) is 12.1 Å². The monoisotopic (exact) mass is 523 g/mol. The molecule has 0 aromatic heterocycles. The van der Waals surface area contributed by atoms with Crippen LogP contribution in [0.5, 0.6) is 11.5 Å². The lowest BCUT2D eigenvalue weighted by atomic mass is 9.80. The third-order valence-corrected chi connectivity index (χ3v) is 5.62. The van der Waals surface area contributed by atoms with Crippen molar-refractivity contribution in [2.45, 2.75) is 38.7 Å². The van der Waals surface area contributed by atoms with Crippen molar-refractivity contribution in [2.75, 3.05) is 32.2 Å². The second-order valence-electron chi connectivity index (χ2n) is 8.91. The summed E-state index contributed by atoms with van der Waals surface area (Å²) in [5.41, 5.74) is 1.83. The van der Waals surface area contributed by atoms with Crippen molar-refractivity contribution in [1.29, 1.82) is 0 Å². The zero-order valence-electron chi connectivity index (χ0n) is 22.4. The summed E-state index contributed by atoms with van der Waals surface area (Å²) in [6.07, 6.45) is 1.43. The Bertz CT molecular complexity index is 1140. The van der Waals surface area contributed by atoms with E-state index in [1.807, 2.05) is 79.7 Å². The quantitative estimate of drug-likeness (QED) is 0.220. The molecule has 0 amide bonds. The first-order valence-corrected chi connectivity index (χ1v) is 12.5. The zero-order valence-corrected chi connectivity index (χ0v) is 22.4. The summed E-state index contributed by atoms with van der Waals surface area (Å²) in [6, 6.07) is 22.7. The van der Waals surface area contributed by atoms with Gasteiger partial charge in [-0.15, -0.1) is 0 Å². The number of aliphatic hydroxyl groups is 1. The first kappa shape index (κ1) is 30.2. The Morgan fingerprint density at radius 3 is 1.53 bits per heavy atom. The van der Waals surface area contributed by atoms with Gasteiger partial charge in [0.15, 0.2) is 0 Å². The van der Waals surface area contributed by atoms with Crippen molar-refractivity contribution in [3.8, 4) is 11.5 Å². The number of hydrogen-bond donors (Lipinski definition) is 3. The average molecular weight is 524 g/mol. The number of ether oxygens (including phenoxy) is 2. The maximum Gasteiger partial charge on any atom is 0.303 e. The highest BCUT2D eigenvalue weighted by Gasteiger charge is 2.34. The summed E-state index contributed by atoms with van der Waals surface area (Å²) in [5.74, 6) is -0.279. The van der Waals surface area contributed by atoms with E-state index in [-0.39, 0.29) is 6.42 Å². The first-order valence-electron chi connectivity index (χ1n) is 12.5. The Labute approximate surface area is 224 Å². The van der Waals surface area contributed by atoms with Crippen molar-refractivity contribution in [3.05, 3.63) is 89.5 Å². The normalized spacial score (nSPS) is 11.9. The number of hydrogen-bond acceptors (Lipinski definition) is 6. The number of anilines is 1. The van der Waals surface area contributed by atoms with E-state index in [4.69, 9.17) is 24.5 Å². The lowest BCUT2D eigenvalue weighted by Gasteiger charge is -2.31. The highest BCUT2D eigenvalue weighted by molar-refractivity contribution is 5.66. The maximum atomic E-state index is 12.1. The Hall–Kier alpha value is -4.04. The molecular formula is C30H37NO7. The summed E-state index contributed by atoms with van der Waals surface area (Å²) in [5, 5.41) is 28.3. The van der Waals surface area contributed by atoms with Crippen LogP contribution in [0.3, 0.4) is 0 Å². The van der Waals surface area contributed by atoms with Crippen molar-refractivity contribution in [1.82, 2.24) is 0 Å². The van der Waals surface area contributed by atoms with Crippen molar-refractivity contribution in [2.24, 2.45) is 0 Å². The predicted molar refractivity (Wildman–Crippen MR) is 147 cm³/mol. The van der Waals surface area contributed by atoms with E-state index >= 15 is 0 Å². The van der Waals surface area contributed by atoms with E-state index in [0.717, 1.165) is 35.9 Å². The van der Waals surface area contributed by atoms with Gasteiger partial charge in [0.1, 0.15) is 17.1 Å². The predicted octanol–water partition coefficient (Wildman–Crippen LogP) is 5.16. The highest BCUT2D eigenvalue weighted by atomic mass is 16.5. The molecule has 0 aliphatic rings. The third-order valence-electron chi connectivity index (χ3n) is 5.62. The molecule has 204 valence electrons. The molecule has 1 unspecified atom stereocenters. The van der Waals surface area contributed by atoms with Crippen LogP contribution in [0.15, 0.2) is 72.8 Å². The molecule has 3 rings (SSSR count). The molecular weight excluding hydrogens is 486 g/mol. The Kier molecular flexibility index (Phi) is 11.6. The summed E-state index contributed by atoms with van der Waals surface area (Å²) in [6.45, 7) is 4.11. The summed E-state index contributed by atoms with van der Waals surface area (Å²) in [4.78, 5) is 21.7. The Morgan fingerprint density at radius 1 is 0.763 bits per heavy atom. The largest absolute Gasteiger partial charge is 0.494 e. The molecule has 8 nitrogen and oxygen atoms in total. The van der Waals surface area contributed by atoms with Gasteiger partial charge in [-0.1, -0.05) is 43.3 Å². The molecule has 3 aromatic rings. The smallest absolute Gasteiger partial charge is 0.303 e. The van der Waals surface area contributed by atoms with E-state index in [2.05, 4.69) is 6.92 Å². The second kappa shape index (κ2) is 14.6. The van der Waals surface area contributed by atoms with Gasteiger partial charge in [0.05, 0.1) is 13.2 Å². The van der Waals surface area contributed by atoms with Gasteiger partial charge >= 0.3 is 5.97 Å². The van der Waals surface area contributed by atoms with Crippen LogP contribution < -0.4 is 14.4 Å². The molecule has 0 fully saturated rings. The highest BCUT2D eigenvalue weighted by Crippen LogP contribution is 2.38. The minimum Gasteiger partial charge on any atom is -0.494 e. The van der Waals surface area contributed by atoms with Crippen LogP contribution >= 0.6 is 0 Å². The SMILES string of the molecule is CC(=O)O.CCCOc1ccc(C(O)(c2ccc(OCCCC(=O)O)cc2)c2ccc(N(C)C)cc2)cc1. The topological polar surface area (TPSA) is 117 Å². The molecule has 1 atom stereocenters. The van der Waals surface area contributed by atoms with Crippen molar-refractivity contribution in [3.63, 3.8) is 0 Å². The fourth-order valence-electron chi connectivity index (χ4n) is 3.72. The van der Waals surface area contributed by atoms with Gasteiger partial charge in [-0.2, -0.15) is 0 Å². The van der Waals surface area contributed by atoms with Gasteiger partial charge < -0.3 is 29.7 Å². The first-order chi connectivity index (χ1) is 18.1. The van der Waals surface area contributed by atoms with Gasteiger partial charge in [0.25, 0.3) is 5.97 Å². The Morgan fingerprint density at radius 2 is 1.16 bits per heavy atom. The molecule has 3 aromatic carbocycles. The van der Waals surface area contributed by atoms with Crippen LogP contribution in [0.2, 0.25) is 0 Å². The number of carboxylic acids is 2. The molecule has 0 saturated heterocycles. The summed E-state index contributed by atoms with van der Waals surface area (Å²) >= 11 is 0. The van der Waals surface area contributed by atoms with Gasteiger partial charge in [-0.3, -0.25) is 9.59 Å². The number of aliphatic carboxylic acids is 2. The molecule has 0 aliphatic carbocycles. The lowest BCUT2D eigenvalue weighted by Crippen LogP contribution is -2.29. The maximum absolute atomic E-state index is 12.1. The lowest BCUT2D eigenvalue weighted by molar-refractivity contribution is -0.137. The minimum absolute atomic E-state index is 0.0682. The van der Waals surface area contributed by atoms with Crippen molar-refractivity contribution >= 4 is 17.6 Å². The number of rotatable bonds is 12. The zero-order chi connectivity index (χ0) is 28.1. The van der Waals surface area contributed by atoms with Gasteiger partial charge in [-0.05, 0) is 65.9 Å². The molecule has 0 aliphatic heterocycles. The van der Waals surface area contributed by atoms with Crippen LogP contribution in [0.25, 0.3) is 0 Å². The number of benzene rings is 3. The molecule has 0 saturated carbocycles. The van der Waals surface area contributed by atoms with Crippen LogP contribution in [-0.4, -0.2) is 54.6 Å². The van der Waals surface area contributed by atoms with E-state index in [9.17, 15) is 9.90 Å². The van der Waals surface area contributed by atoms with Gasteiger partial charge in [-0.25, -0.2) is 0 Å². The fraction of sp³-hybridized carbons (Fsp3) is 0.333. The number of carboxylic acid groups (broad SMARTS) is 2. The number of nitrogens with zero attached hydrogens (tertiary/aromatic N) is 1. The van der Waals surface area contributed by atoms with E-state index in [1.165, 1.54) is 0 Å². The van der Waals surface area contributed by atoms with Gasteiger partial charge in [0.2, 0.25) is 0 Å². The van der Waals surface area contributed by atoms with Crippen molar-refractivity contribution < 1.29 is 34.4 Å². The summed E-state index contributed by atoms with van der Waals surface area (Å²) in [7, 11) is 3.96. The minimum atomic E-state index is -1.38. The third kappa shape index (κ3) is 8.81. The van der Waals surface area contributed by atoms with Crippen LogP contribution in [0, 0.1) is 0 Å². The van der Waals surface area contributed by atoms with Crippen LogP contribution in [0.4, 0.5) is 5.69 Å². The number of carbonyl (C=O) groups is 2. The molecule has 3 N–H and O–H groups in total. The van der Waals surface area contributed by atoms with Gasteiger partial charge in [0, 0.05) is 33.1 Å². The molecule has 0 spiro atoms. The molecule has 0 bridgehead atoms. The summed E-state index contributed by atoms with van der Waals surface area (Å²) < 4.78 is 11.4. The van der Waals surface area contributed by atoms with Crippen LogP contribution in [0.1, 0.15) is 49.8 Å². The van der Waals surface area contributed by atoms with E-state index in [0.29, 0.717) is 30.9 Å². The fourth-order valence-corrected chi connectivity index (χ4v) is 3.72. The molecule has 0 radical (unpaired) electrons. The molecule has 38 heavy (non-hydrogen) atoms. The Balaban J connectivity index is 0.00000118. The molecule has 8 heteroatoms. The molecule has 0 heterocycles. The van der Waals surface area contributed by atoms with Crippen LogP contribution in [-0.2, 0) is 15.2 Å². The standard InChI is InChI=1S/C28H33NO5.C2H4O2/c1-4-19-33-25-15-9-22(10-16-25)28(32,21-7-13-24(14-8-21)29(2)3)23-11-17-26(18-12-23)34-20-5-6-27(30)31;1-2(3)4/h7-18,32H,4-6,19-20H2,1-3H3,(H,30,31);1H3,(H,3,4). The average Bonchev–Trinajstić information content (AvgIpc) is 2.90. The second-order valence-corrected chi connectivity index (χ2v) is 8.91. The van der Waals surface area contributed by atoms with E-state index < -0.39 is 17.5 Å².